The molecule has 1 heteroatoms. The van der Waals surface area contributed by atoms with Crippen LogP contribution in [0.3, 0.4) is 0 Å². The fourth-order valence-electron chi connectivity index (χ4n) is 1.21. The second kappa shape index (κ2) is 3.96. The Hall–Kier alpha value is -0.230. The zero-order valence-electron chi connectivity index (χ0n) is 6.85. The van der Waals surface area contributed by atoms with Crippen LogP contribution in [-0.4, -0.2) is 5.88 Å². The molecule has 1 saturated carbocycles. The first-order valence-electron chi connectivity index (χ1n) is 4.16. The maximum atomic E-state index is 5.82. The molecule has 0 aromatic heterocycles. The van der Waals surface area contributed by atoms with E-state index in [9.17, 15) is 0 Å². The van der Waals surface area contributed by atoms with Crippen molar-refractivity contribution in [1.82, 2.24) is 0 Å². The third kappa shape index (κ3) is 2.70. The van der Waals surface area contributed by atoms with Crippen LogP contribution in [0, 0.1) is 5.41 Å². The molecule has 0 aromatic carbocycles. The molecule has 0 heterocycles. The van der Waals surface area contributed by atoms with Gasteiger partial charge in [-0.2, -0.15) is 0 Å². The quantitative estimate of drug-likeness (QED) is 0.438. The minimum absolute atomic E-state index is 0.521. The van der Waals surface area contributed by atoms with Crippen LogP contribution in [0.1, 0.15) is 25.7 Å². The van der Waals surface area contributed by atoms with Crippen LogP contribution < -0.4 is 0 Å². The Morgan fingerprint density at radius 2 is 2.18 bits per heavy atom. The summed E-state index contributed by atoms with van der Waals surface area (Å²) in [7, 11) is 0. The summed E-state index contributed by atoms with van der Waals surface area (Å²) in [6, 6.07) is 0. The van der Waals surface area contributed by atoms with Gasteiger partial charge >= 0.3 is 0 Å². The Kier molecular flexibility index (Phi) is 3.19. The summed E-state index contributed by atoms with van der Waals surface area (Å²) in [6.45, 7) is 3.62. The number of halogens is 1. The Balaban J connectivity index is 2.12. The zero-order valence-corrected chi connectivity index (χ0v) is 7.61. The van der Waals surface area contributed by atoms with Crippen molar-refractivity contribution in [1.29, 1.82) is 0 Å². The van der Waals surface area contributed by atoms with E-state index in [0.29, 0.717) is 5.41 Å². The van der Waals surface area contributed by atoms with Gasteiger partial charge in [-0.3, -0.25) is 0 Å². The van der Waals surface area contributed by atoms with Crippen LogP contribution in [0.15, 0.2) is 24.8 Å². The molecule has 0 aromatic rings. The van der Waals surface area contributed by atoms with Crippen LogP contribution in [0.2, 0.25) is 0 Å². The van der Waals surface area contributed by atoms with Crippen molar-refractivity contribution in [3.05, 3.63) is 24.8 Å². The molecule has 1 rings (SSSR count). The van der Waals surface area contributed by atoms with Gasteiger partial charge in [-0.15, -0.1) is 11.6 Å². The molecule has 0 unspecified atom stereocenters. The van der Waals surface area contributed by atoms with E-state index in [1.165, 1.54) is 19.3 Å². The molecule has 1 aliphatic carbocycles. The molecule has 0 bridgehead atoms. The highest BCUT2D eigenvalue weighted by Gasteiger charge is 2.40. The predicted molar refractivity (Wildman–Crippen MR) is 51.0 cm³/mol. The van der Waals surface area contributed by atoms with Gasteiger partial charge in [0.25, 0.3) is 0 Å². The standard InChI is InChI=1S/C10H15Cl/c1-2-3-4-5-6-10(9-11)7-8-10/h2-4H,1,5-9H2/b4-3+. The lowest BCUT2D eigenvalue weighted by atomic mass is 10.0. The van der Waals surface area contributed by atoms with Gasteiger partial charge in [0, 0.05) is 5.88 Å². The van der Waals surface area contributed by atoms with Crippen molar-refractivity contribution in [2.75, 3.05) is 5.88 Å². The van der Waals surface area contributed by atoms with E-state index in [1.807, 2.05) is 12.2 Å². The molecule has 0 saturated heterocycles. The van der Waals surface area contributed by atoms with Crippen molar-refractivity contribution in [2.45, 2.75) is 25.7 Å². The highest BCUT2D eigenvalue weighted by molar-refractivity contribution is 6.18. The second-order valence-electron chi connectivity index (χ2n) is 3.34. The second-order valence-corrected chi connectivity index (χ2v) is 3.60. The van der Waals surface area contributed by atoms with Crippen molar-refractivity contribution in [2.24, 2.45) is 5.41 Å². The zero-order chi connectivity index (χ0) is 8.16. The van der Waals surface area contributed by atoms with E-state index in [4.69, 9.17) is 11.6 Å². The predicted octanol–water partition coefficient (Wildman–Crippen LogP) is 3.53. The molecular weight excluding hydrogens is 156 g/mol. The largest absolute Gasteiger partial charge is 0.126 e. The molecule has 0 nitrogen and oxygen atoms in total. The summed E-state index contributed by atoms with van der Waals surface area (Å²) < 4.78 is 0. The maximum absolute atomic E-state index is 5.82. The first kappa shape index (κ1) is 8.86. The van der Waals surface area contributed by atoms with E-state index >= 15 is 0 Å². The molecule has 0 spiro atoms. The summed E-state index contributed by atoms with van der Waals surface area (Å²) in [5.41, 5.74) is 0.521. The lowest BCUT2D eigenvalue weighted by molar-refractivity contribution is 0.531. The Labute approximate surface area is 73.9 Å². The van der Waals surface area contributed by atoms with E-state index in [0.717, 1.165) is 12.3 Å². The van der Waals surface area contributed by atoms with Gasteiger partial charge < -0.3 is 0 Å². The van der Waals surface area contributed by atoms with Gasteiger partial charge in [0.15, 0.2) is 0 Å². The van der Waals surface area contributed by atoms with Crippen LogP contribution >= 0.6 is 11.6 Å². The van der Waals surface area contributed by atoms with Gasteiger partial charge in [-0.05, 0) is 31.1 Å². The molecule has 0 radical (unpaired) electrons. The first-order valence-corrected chi connectivity index (χ1v) is 4.70. The Bertz CT molecular complexity index is 154. The average molecular weight is 171 g/mol. The van der Waals surface area contributed by atoms with E-state index in [2.05, 4.69) is 12.7 Å². The smallest absolute Gasteiger partial charge is 0.0280 e. The average Bonchev–Trinajstić information content (AvgIpc) is 2.80. The van der Waals surface area contributed by atoms with Crippen molar-refractivity contribution >= 4 is 11.6 Å². The molecule has 11 heavy (non-hydrogen) atoms. The highest BCUT2D eigenvalue weighted by atomic mass is 35.5. The molecule has 1 aliphatic rings. The van der Waals surface area contributed by atoms with Gasteiger partial charge in [0.2, 0.25) is 0 Å². The molecule has 0 amide bonds. The van der Waals surface area contributed by atoms with Crippen LogP contribution in [-0.2, 0) is 0 Å². The van der Waals surface area contributed by atoms with Crippen LogP contribution in [0.5, 0.6) is 0 Å². The number of hydrogen-bond acceptors (Lipinski definition) is 0. The lowest BCUT2D eigenvalue weighted by Crippen LogP contribution is -2.00. The van der Waals surface area contributed by atoms with Crippen molar-refractivity contribution < 1.29 is 0 Å². The van der Waals surface area contributed by atoms with E-state index < -0.39 is 0 Å². The topological polar surface area (TPSA) is 0 Å². The maximum Gasteiger partial charge on any atom is 0.0280 e. The van der Waals surface area contributed by atoms with Gasteiger partial charge in [0.1, 0.15) is 0 Å². The number of alkyl halides is 1. The number of hydrogen-bond donors (Lipinski definition) is 0. The lowest BCUT2D eigenvalue weighted by Gasteiger charge is -2.07. The van der Waals surface area contributed by atoms with Gasteiger partial charge in [-0.1, -0.05) is 24.8 Å². The third-order valence-corrected chi connectivity index (χ3v) is 2.92. The van der Waals surface area contributed by atoms with Crippen LogP contribution in [0.25, 0.3) is 0 Å². The minimum Gasteiger partial charge on any atom is -0.126 e. The van der Waals surface area contributed by atoms with E-state index in [1.54, 1.807) is 0 Å². The molecule has 0 N–H and O–H groups in total. The molecule has 1 fully saturated rings. The third-order valence-electron chi connectivity index (χ3n) is 2.35. The fraction of sp³-hybridized carbons (Fsp3) is 0.600. The SMILES string of the molecule is C=C/C=C/CCC1(CCl)CC1. The molecule has 62 valence electrons. The summed E-state index contributed by atoms with van der Waals surface area (Å²) >= 11 is 5.82. The number of rotatable bonds is 5. The summed E-state index contributed by atoms with van der Waals surface area (Å²) in [5, 5.41) is 0. The first-order chi connectivity index (χ1) is 5.33. The monoisotopic (exact) mass is 170 g/mol. The summed E-state index contributed by atoms with van der Waals surface area (Å²) in [4.78, 5) is 0. The molecule has 0 aliphatic heterocycles. The highest BCUT2D eigenvalue weighted by Crippen LogP contribution is 2.50. The summed E-state index contributed by atoms with van der Waals surface area (Å²) in [6.07, 6.45) is 11.1. The van der Waals surface area contributed by atoms with Crippen molar-refractivity contribution in [3.8, 4) is 0 Å². The van der Waals surface area contributed by atoms with Crippen LogP contribution in [0.4, 0.5) is 0 Å². The van der Waals surface area contributed by atoms with Gasteiger partial charge in [0.05, 0.1) is 0 Å². The van der Waals surface area contributed by atoms with Crippen molar-refractivity contribution in [3.63, 3.8) is 0 Å². The Morgan fingerprint density at radius 1 is 1.45 bits per heavy atom. The fourth-order valence-corrected chi connectivity index (χ4v) is 1.61. The number of allylic oxidation sites excluding steroid dienone is 3. The summed E-state index contributed by atoms with van der Waals surface area (Å²) in [5.74, 6) is 0.842. The molecular formula is C10H15Cl. The Morgan fingerprint density at radius 3 is 2.64 bits per heavy atom. The molecule has 0 atom stereocenters. The minimum atomic E-state index is 0.521. The normalized spacial score (nSPS) is 20.5. The van der Waals surface area contributed by atoms with Gasteiger partial charge in [-0.25, -0.2) is 0 Å². The van der Waals surface area contributed by atoms with E-state index in [-0.39, 0.29) is 0 Å².